The Labute approximate surface area is 162 Å². The average Bonchev–Trinajstić information content (AvgIpc) is 3.12. The summed E-state index contributed by atoms with van der Waals surface area (Å²) in [4.78, 5) is 25.5. The first-order valence-corrected chi connectivity index (χ1v) is 8.93. The molecule has 0 aliphatic rings. The second-order valence-corrected chi connectivity index (χ2v) is 7.05. The summed E-state index contributed by atoms with van der Waals surface area (Å²) in [5, 5.41) is 0.350. The monoisotopic (exact) mass is 408 g/mol. The highest BCUT2D eigenvalue weighted by atomic mass is 35.5. The summed E-state index contributed by atoms with van der Waals surface area (Å²) in [6.45, 7) is 0. The SMILES string of the molecule is O=C(NNC(=O)c1cccc(Cl)c1Cl)c1ccc(-c2ccc(F)cc2)s1. The van der Waals surface area contributed by atoms with Crippen molar-refractivity contribution in [2.45, 2.75) is 0 Å². The Morgan fingerprint density at radius 1 is 0.885 bits per heavy atom. The minimum Gasteiger partial charge on any atom is -0.267 e. The quantitative estimate of drug-likeness (QED) is 0.603. The first kappa shape index (κ1) is 18.4. The van der Waals surface area contributed by atoms with Crippen molar-refractivity contribution in [2.24, 2.45) is 0 Å². The lowest BCUT2D eigenvalue weighted by Crippen LogP contribution is -2.41. The molecular formula is C18H11Cl2FN2O2S. The highest BCUT2D eigenvalue weighted by Crippen LogP contribution is 2.28. The van der Waals surface area contributed by atoms with Crippen molar-refractivity contribution in [2.75, 3.05) is 0 Å². The molecule has 2 N–H and O–H groups in total. The standard InChI is InChI=1S/C18H11Cl2FN2O2S/c19-13-3-1-2-12(16(13)20)17(24)22-23-18(25)15-9-8-14(26-15)10-4-6-11(21)7-5-10/h1-9H,(H,22,24)(H,23,25). The molecule has 0 spiro atoms. The van der Waals surface area contributed by atoms with Gasteiger partial charge in [-0.3, -0.25) is 20.4 Å². The number of rotatable bonds is 3. The number of carbonyl (C=O) groups is 2. The maximum atomic E-state index is 13.0. The number of thiophene rings is 1. The molecule has 0 radical (unpaired) electrons. The fourth-order valence-corrected chi connectivity index (χ4v) is 3.44. The molecule has 1 aromatic heterocycles. The molecule has 0 aliphatic heterocycles. The molecule has 0 saturated carbocycles. The topological polar surface area (TPSA) is 58.2 Å². The van der Waals surface area contributed by atoms with Crippen molar-refractivity contribution in [3.8, 4) is 10.4 Å². The van der Waals surface area contributed by atoms with E-state index in [1.807, 2.05) is 0 Å². The van der Waals surface area contributed by atoms with Gasteiger partial charge in [-0.05, 0) is 42.0 Å². The van der Waals surface area contributed by atoms with Crippen LogP contribution in [0.5, 0.6) is 0 Å². The number of nitrogens with one attached hydrogen (secondary N) is 2. The molecule has 2 aromatic carbocycles. The average molecular weight is 409 g/mol. The van der Waals surface area contributed by atoms with Gasteiger partial charge in [-0.2, -0.15) is 0 Å². The summed E-state index contributed by atoms with van der Waals surface area (Å²) in [6, 6.07) is 14.0. The Kier molecular flexibility index (Phi) is 5.56. The van der Waals surface area contributed by atoms with Gasteiger partial charge in [0.05, 0.1) is 20.5 Å². The van der Waals surface area contributed by atoms with E-state index in [1.165, 1.54) is 29.5 Å². The molecule has 1 heterocycles. The molecular weight excluding hydrogens is 398 g/mol. The highest BCUT2D eigenvalue weighted by molar-refractivity contribution is 7.17. The van der Waals surface area contributed by atoms with Crippen LogP contribution in [-0.4, -0.2) is 11.8 Å². The Bertz CT molecular complexity index is 974. The van der Waals surface area contributed by atoms with Crippen LogP contribution in [0.3, 0.4) is 0 Å². The zero-order valence-corrected chi connectivity index (χ0v) is 15.4. The van der Waals surface area contributed by atoms with Gasteiger partial charge in [0.2, 0.25) is 0 Å². The van der Waals surface area contributed by atoms with E-state index in [-0.39, 0.29) is 21.4 Å². The van der Waals surface area contributed by atoms with Crippen molar-refractivity contribution in [1.82, 2.24) is 10.9 Å². The maximum absolute atomic E-state index is 13.0. The molecule has 0 bridgehead atoms. The van der Waals surface area contributed by atoms with Crippen LogP contribution in [0.2, 0.25) is 10.0 Å². The molecule has 0 atom stereocenters. The fourth-order valence-electron chi connectivity index (χ4n) is 2.15. The van der Waals surface area contributed by atoms with Crippen molar-refractivity contribution in [3.05, 3.63) is 80.9 Å². The van der Waals surface area contributed by atoms with Gasteiger partial charge in [-0.25, -0.2) is 4.39 Å². The number of halogens is 3. The van der Waals surface area contributed by atoms with E-state index in [1.54, 1.807) is 36.4 Å². The van der Waals surface area contributed by atoms with Gasteiger partial charge in [-0.15, -0.1) is 11.3 Å². The molecule has 26 heavy (non-hydrogen) atoms. The third-order valence-corrected chi connectivity index (χ3v) is 5.40. The summed E-state index contributed by atoms with van der Waals surface area (Å²) in [7, 11) is 0. The molecule has 0 saturated heterocycles. The Balaban J connectivity index is 1.66. The first-order valence-electron chi connectivity index (χ1n) is 7.36. The van der Waals surface area contributed by atoms with Gasteiger partial charge in [0, 0.05) is 4.88 Å². The number of benzene rings is 2. The third-order valence-electron chi connectivity index (χ3n) is 3.44. The summed E-state index contributed by atoms with van der Waals surface area (Å²) in [5.41, 5.74) is 5.57. The van der Waals surface area contributed by atoms with Crippen LogP contribution in [0.4, 0.5) is 4.39 Å². The molecule has 0 aliphatic carbocycles. The van der Waals surface area contributed by atoms with Crippen LogP contribution in [0, 0.1) is 5.82 Å². The summed E-state index contributed by atoms with van der Waals surface area (Å²) < 4.78 is 13.0. The molecule has 132 valence electrons. The minimum atomic E-state index is -0.582. The molecule has 0 unspecified atom stereocenters. The Hall–Kier alpha value is -2.41. The lowest BCUT2D eigenvalue weighted by atomic mass is 10.2. The van der Waals surface area contributed by atoms with Crippen LogP contribution in [-0.2, 0) is 0 Å². The molecule has 3 rings (SSSR count). The number of amides is 2. The van der Waals surface area contributed by atoms with E-state index in [4.69, 9.17) is 23.2 Å². The van der Waals surface area contributed by atoms with Crippen molar-refractivity contribution < 1.29 is 14.0 Å². The smallest absolute Gasteiger partial charge is 0.267 e. The summed E-state index contributed by atoms with van der Waals surface area (Å²) >= 11 is 13.1. The van der Waals surface area contributed by atoms with Crippen LogP contribution in [0.1, 0.15) is 20.0 Å². The summed E-state index contributed by atoms with van der Waals surface area (Å²) in [5.74, 6) is -1.39. The van der Waals surface area contributed by atoms with E-state index < -0.39 is 11.8 Å². The predicted octanol–water partition coefficient (Wildman–Crippen LogP) is 4.94. The van der Waals surface area contributed by atoms with E-state index in [2.05, 4.69) is 10.9 Å². The summed E-state index contributed by atoms with van der Waals surface area (Å²) in [6.07, 6.45) is 0. The molecule has 3 aromatic rings. The number of hydrogen-bond donors (Lipinski definition) is 2. The number of hydrazine groups is 1. The Morgan fingerprint density at radius 2 is 1.58 bits per heavy atom. The predicted molar refractivity (Wildman–Crippen MR) is 101 cm³/mol. The van der Waals surface area contributed by atoms with E-state index in [0.717, 1.165) is 10.4 Å². The highest BCUT2D eigenvalue weighted by Gasteiger charge is 2.15. The van der Waals surface area contributed by atoms with Gasteiger partial charge in [-0.1, -0.05) is 41.4 Å². The zero-order valence-electron chi connectivity index (χ0n) is 13.1. The van der Waals surface area contributed by atoms with Crippen LogP contribution < -0.4 is 10.9 Å². The van der Waals surface area contributed by atoms with Crippen LogP contribution >= 0.6 is 34.5 Å². The van der Waals surface area contributed by atoms with Gasteiger partial charge in [0.15, 0.2) is 0 Å². The molecule has 0 fully saturated rings. The van der Waals surface area contributed by atoms with Crippen LogP contribution in [0.25, 0.3) is 10.4 Å². The van der Waals surface area contributed by atoms with Gasteiger partial charge in [0.25, 0.3) is 11.8 Å². The Morgan fingerprint density at radius 3 is 2.31 bits per heavy atom. The van der Waals surface area contributed by atoms with E-state index in [0.29, 0.717) is 4.88 Å². The molecule has 4 nitrogen and oxygen atoms in total. The number of carbonyl (C=O) groups excluding carboxylic acids is 2. The normalized spacial score (nSPS) is 10.4. The van der Waals surface area contributed by atoms with Crippen molar-refractivity contribution in [3.63, 3.8) is 0 Å². The van der Waals surface area contributed by atoms with E-state index >= 15 is 0 Å². The molecule has 2 amide bonds. The fraction of sp³-hybridized carbons (Fsp3) is 0. The van der Waals surface area contributed by atoms with Crippen molar-refractivity contribution >= 4 is 46.4 Å². The second kappa shape index (κ2) is 7.86. The zero-order chi connectivity index (χ0) is 18.7. The minimum absolute atomic E-state index is 0.107. The maximum Gasteiger partial charge on any atom is 0.279 e. The van der Waals surface area contributed by atoms with Crippen molar-refractivity contribution in [1.29, 1.82) is 0 Å². The van der Waals surface area contributed by atoms with Gasteiger partial charge >= 0.3 is 0 Å². The second-order valence-electron chi connectivity index (χ2n) is 5.18. The largest absolute Gasteiger partial charge is 0.279 e. The first-order chi connectivity index (χ1) is 12.5. The lowest BCUT2D eigenvalue weighted by molar-refractivity contribution is 0.0849. The third kappa shape index (κ3) is 4.04. The lowest BCUT2D eigenvalue weighted by Gasteiger charge is -2.08. The van der Waals surface area contributed by atoms with Gasteiger partial charge in [0.1, 0.15) is 5.82 Å². The number of hydrogen-bond acceptors (Lipinski definition) is 3. The van der Waals surface area contributed by atoms with Gasteiger partial charge < -0.3 is 0 Å². The van der Waals surface area contributed by atoms with E-state index in [9.17, 15) is 14.0 Å². The van der Waals surface area contributed by atoms with Crippen LogP contribution in [0.15, 0.2) is 54.6 Å². The molecule has 8 heteroatoms.